The molecule has 0 aliphatic carbocycles. The van der Waals surface area contributed by atoms with Crippen molar-refractivity contribution in [3.63, 3.8) is 0 Å². The van der Waals surface area contributed by atoms with E-state index in [1.54, 1.807) is 16.0 Å². The molecule has 2 N–H and O–H groups in total. The average molecular weight is 486 g/mol. The number of fused-ring (bicyclic) bond motifs is 1. The Kier molecular flexibility index (Phi) is 6.59. The number of rotatable bonds is 7. The summed E-state index contributed by atoms with van der Waals surface area (Å²) in [6, 6.07) is 16.2. The van der Waals surface area contributed by atoms with Crippen molar-refractivity contribution in [3.8, 4) is 11.3 Å². The van der Waals surface area contributed by atoms with Crippen LogP contribution in [0.4, 0.5) is 0 Å². The lowest BCUT2D eigenvalue weighted by Gasteiger charge is -2.35. The predicted molar refractivity (Wildman–Crippen MR) is 136 cm³/mol. The molecule has 186 valence electrons. The zero-order valence-electron chi connectivity index (χ0n) is 20.6. The van der Waals surface area contributed by atoms with Crippen molar-refractivity contribution in [3.05, 3.63) is 77.5 Å². The van der Waals surface area contributed by atoms with Crippen LogP contribution in [0.1, 0.15) is 48.2 Å². The topological polar surface area (TPSA) is 98.4 Å². The normalized spacial score (nSPS) is 18.0. The molecular weight excluding hydrogens is 454 g/mol. The standard InChI is InChI=1S/C28H31N5O3/c1-18(2)25(33-17-21-6-3-4-7-22(21)27(33)35)28(36)32-15-5-8-24(32)26(34)29-16-19-9-11-20(12-10-19)23-13-14-30-31-23/h3-4,6-7,9-14,18,24-25H,5,8,15-17H2,1-2H3,(H,29,34)(H,30,31). The number of carbonyl (C=O) groups excluding carboxylic acids is 3. The lowest BCUT2D eigenvalue weighted by atomic mass is 10.0. The Morgan fingerprint density at radius 1 is 1.11 bits per heavy atom. The second-order valence-electron chi connectivity index (χ2n) is 9.85. The molecule has 2 unspecified atom stereocenters. The Balaban J connectivity index is 1.25. The Morgan fingerprint density at radius 2 is 1.89 bits per heavy atom. The molecule has 0 saturated carbocycles. The minimum absolute atomic E-state index is 0.0755. The van der Waals surface area contributed by atoms with Crippen molar-refractivity contribution in [2.24, 2.45) is 5.92 Å². The molecular formula is C28H31N5O3. The van der Waals surface area contributed by atoms with Gasteiger partial charge in [-0.2, -0.15) is 5.10 Å². The van der Waals surface area contributed by atoms with E-state index in [0.29, 0.717) is 31.6 Å². The fraction of sp³-hybridized carbons (Fsp3) is 0.357. The lowest BCUT2D eigenvalue weighted by Crippen LogP contribution is -2.55. The first-order valence-electron chi connectivity index (χ1n) is 12.5. The molecule has 3 amide bonds. The van der Waals surface area contributed by atoms with Crippen molar-refractivity contribution < 1.29 is 14.4 Å². The molecule has 1 aromatic heterocycles. The van der Waals surface area contributed by atoms with Crippen LogP contribution in [0.3, 0.4) is 0 Å². The third-order valence-electron chi connectivity index (χ3n) is 7.14. The van der Waals surface area contributed by atoms with E-state index in [0.717, 1.165) is 28.8 Å². The molecule has 1 fully saturated rings. The Bertz CT molecular complexity index is 1250. The highest BCUT2D eigenvalue weighted by Crippen LogP contribution is 2.30. The highest BCUT2D eigenvalue weighted by atomic mass is 16.2. The number of hydrogen-bond donors (Lipinski definition) is 2. The SMILES string of the molecule is CC(C)C(C(=O)N1CCCC1C(=O)NCc1ccc(-c2ccn[nH]2)cc1)N1Cc2ccccc2C1=O. The Hall–Kier alpha value is -3.94. The summed E-state index contributed by atoms with van der Waals surface area (Å²) < 4.78 is 0. The monoisotopic (exact) mass is 485 g/mol. The van der Waals surface area contributed by atoms with Gasteiger partial charge in [0.05, 0.1) is 5.69 Å². The third-order valence-corrected chi connectivity index (χ3v) is 7.14. The molecule has 2 aliphatic heterocycles. The van der Waals surface area contributed by atoms with E-state index >= 15 is 0 Å². The van der Waals surface area contributed by atoms with Crippen LogP contribution in [0.15, 0.2) is 60.8 Å². The fourth-order valence-corrected chi connectivity index (χ4v) is 5.28. The fourth-order valence-electron chi connectivity index (χ4n) is 5.28. The van der Waals surface area contributed by atoms with Gasteiger partial charge >= 0.3 is 0 Å². The van der Waals surface area contributed by atoms with Crippen LogP contribution in [0.5, 0.6) is 0 Å². The Labute approximate surface area is 210 Å². The minimum atomic E-state index is -0.603. The second kappa shape index (κ2) is 9.97. The van der Waals surface area contributed by atoms with E-state index in [2.05, 4.69) is 15.5 Å². The van der Waals surface area contributed by atoms with Gasteiger partial charge in [-0.3, -0.25) is 19.5 Å². The number of likely N-dealkylation sites (tertiary alicyclic amines) is 1. The molecule has 0 radical (unpaired) electrons. The second-order valence-corrected chi connectivity index (χ2v) is 9.85. The first kappa shape index (κ1) is 23.8. The summed E-state index contributed by atoms with van der Waals surface area (Å²) in [7, 11) is 0. The van der Waals surface area contributed by atoms with E-state index in [1.165, 1.54) is 0 Å². The van der Waals surface area contributed by atoms with E-state index in [4.69, 9.17) is 0 Å². The minimum Gasteiger partial charge on any atom is -0.350 e. The van der Waals surface area contributed by atoms with Gasteiger partial charge in [0, 0.05) is 31.4 Å². The molecule has 3 heterocycles. The van der Waals surface area contributed by atoms with Crippen LogP contribution in [0.2, 0.25) is 0 Å². The summed E-state index contributed by atoms with van der Waals surface area (Å²) >= 11 is 0. The van der Waals surface area contributed by atoms with Gasteiger partial charge in [-0.1, -0.05) is 56.3 Å². The molecule has 8 nitrogen and oxygen atoms in total. The van der Waals surface area contributed by atoms with Gasteiger partial charge in [0.1, 0.15) is 12.1 Å². The summed E-state index contributed by atoms with van der Waals surface area (Å²) in [5.74, 6) is -0.491. The van der Waals surface area contributed by atoms with Crippen molar-refractivity contribution >= 4 is 17.7 Å². The summed E-state index contributed by atoms with van der Waals surface area (Å²) in [6.07, 6.45) is 3.09. The van der Waals surface area contributed by atoms with Crippen LogP contribution in [-0.2, 0) is 22.7 Å². The van der Waals surface area contributed by atoms with Crippen molar-refractivity contribution in [2.75, 3.05) is 6.54 Å². The number of hydrogen-bond acceptors (Lipinski definition) is 4. The summed E-state index contributed by atoms with van der Waals surface area (Å²) in [6.45, 7) is 5.23. The van der Waals surface area contributed by atoms with Gasteiger partial charge in [-0.25, -0.2) is 0 Å². The number of H-pyrrole nitrogens is 1. The molecule has 5 rings (SSSR count). The molecule has 0 bridgehead atoms. The highest BCUT2D eigenvalue weighted by Gasteiger charge is 2.43. The maximum absolute atomic E-state index is 13.8. The van der Waals surface area contributed by atoms with Gasteiger partial charge in [0.25, 0.3) is 5.91 Å². The largest absolute Gasteiger partial charge is 0.350 e. The molecule has 1 saturated heterocycles. The van der Waals surface area contributed by atoms with Crippen LogP contribution in [0.25, 0.3) is 11.3 Å². The number of nitrogens with one attached hydrogen (secondary N) is 2. The highest BCUT2D eigenvalue weighted by molar-refractivity contribution is 6.01. The molecule has 2 aliphatic rings. The zero-order chi connectivity index (χ0) is 25.2. The molecule has 3 aromatic rings. The molecule has 2 aromatic carbocycles. The summed E-state index contributed by atoms with van der Waals surface area (Å²) in [4.78, 5) is 43.4. The zero-order valence-corrected chi connectivity index (χ0v) is 20.6. The van der Waals surface area contributed by atoms with E-state index in [1.807, 2.05) is 68.4 Å². The molecule has 36 heavy (non-hydrogen) atoms. The van der Waals surface area contributed by atoms with Gasteiger partial charge in [-0.15, -0.1) is 0 Å². The summed E-state index contributed by atoms with van der Waals surface area (Å²) in [5, 5.41) is 9.92. The van der Waals surface area contributed by atoms with E-state index < -0.39 is 12.1 Å². The first-order chi connectivity index (χ1) is 17.4. The number of benzene rings is 2. The maximum Gasteiger partial charge on any atom is 0.255 e. The van der Waals surface area contributed by atoms with Crippen molar-refractivity contribution in [1.82, 2.24) is 25.3 Å². The van der Waals surface area contributed by atoms with E-state index in [-0.39, 0.29) is 23.6 Å². The van der Waals surface area contributed by atoms with Crippen LogP contribution >= 0.6 is 0 Å². The van der Waals surface area contributed by atoms with Gasteiger partial charge < -0.3 is 15.1 Å². The van der Waals surface area contributed by atoms with Crippen LogP contribution < -0.4 is 5.32 Å². The average Bonchev–Trinajstić information content (AvgIpc) is 3.64. The number of amides is 3. The molecule has 8 heteroatoms. The first-order valence-corrected chi connectivity index (χ1v) is 12.5. The van der Waals surface area contributed by atoms with Crippen molar-refractivity contribution in [2.45, 2.75) is 51.9 Å². The van der Waals surface area contributed by atoms with Gasteiger partial charge in [0.2, 0.25) is 11.8 Å². The van der Waals surface area contributed by atoms with E-state index in [9.17, 15) is 14.4 Å². The van der Waals surface area contributed by atoms with Crippen LogP contribution in [0, 0.1) is 5.92 Å². The smallest absolute Gasteiger partial charge is 0.255 e. The van der Waals surface area contributed by atoms with Gasteiger partial charge in [-0.05, 0) is 47.6 Å². The number of aromatic amines is 1. The summed E-state index contributed by atoms with van der Waals surface area (Å²) in [5.41, 5.74) is 4.53. The number of nitrogens with zero attached hydrogens (tertiary/aromatic N) is 3. The Morgan fingerprint density at radius 3 is 2.58 bits per heavy atom. The van der Waals surface area contributed by atoms with Gasteiger partial charge in [0.15, 0.2) is 0 Å². The maximum atomic E-state index is 13.8. The lowest BCUT2D eigenvalue weighted by molar-refractivity contribution is -0.143. The van der Waals surface area contributed by atoms with Crippen molar-refractivity contribution in [1.29, 1.82) is 0 Å². The number of aromatic nitrogens is 2. The predicted octanol–water partition coefficient (Wildman–Crippen LogP) is 3.36. The third kappa shape index (κ3) is 4.51. The molecule has 2 atom stereocenters. The van der Waals surface area contributed by atoms with Crippen LogP contribution in [-0.4, -0.2) is 56.3 Å². The quantitative estimate of drug-likeness (QED) is 0.536. The number of carbonyl (C=O) groups is 3. The molecule has 0 spiro atoms.